The summed E-state index contributed by atoms with van der Waals surface area (Å²) in [6.07, 6.45) is 0. The molecular weight excluding hydrogens is 225 g/mol. The third kappa shape index (κ3) is 4.99. The van der Waals surface area contributed by atoms with Crippen LogP contribution in [0.2, 0.25) is 0 Å². The second kappa shape index (κ2) is 5.86. The Morgan fingerprint density at radius 3 is 2.27 bits per heavy atom. The predicted octanol–water partition coefficient (Wildman–Crippen LogP) is -1.31. The third-order valence-electron chi connectivity index (χ3n) is 1.82. The van der Waals surface area contributed by atoms with Gasteiger partial charge in [0.15, 0.2) is 10.3 Å². The molecule has 1 N–H and O–H groups in total. The van der Waals surface area contributed by atoms with Gasteiger partial charge >= 0.3 is 29.6 Å². The number of hydrogen-bond acceptors (Lipinski definition) is 3. The largest absolute Gasteiger partial charge is 1.00 e. The number of benzene rings is 1. The Morgan fingerprint density at radius 1 is 1.27 bits per heavy atom. The fourth-order valence-corrected chi connectivity index (χ4v) is 1.68. The summed E-state index contributed by atoms with van der Waals surface area (Å²) in [6, 6.07) is 6.85. The Labute approximate surface area is 112 Å². The van der Waals surface area contributed by atoms with Crippen molar-refractivity contribution in [2.24, 2.45) is 0 Å². The van der Waals surface area contributed by atoms with E-state index in [1.54, 1.807) is 24.3 Å². The van der Waals surface area contributed by atoms with Gasteiger partial charge in [-0.15, -0.1) is 0 Å². The molecule has 4 nitrogen and oxygen atoms in total. The molecule has 15 heavy (non-hydrogen) atoms. The first-order chi connectivity index (χ1) is 6.40. The van der Waals surface area contributed by atoms with Gasteiger partial charge < -0.3 is 4.55 Å². The van der Waals surface area contributed by atoms with E-state index < -0.39 is 10.3 Å². The minimum Gasteiger partial charge on any atom is -0.731 e. The SMILES string of the molecule is CC(C)c1ccccc1NS(=O)(=O)[O-].[Na+]. The summed E-state index contributed by atoms with van der Waals surface area (Å²) >= 11 is 0. The van der Waals surface area contributed by atoms with Gasteiger partial charge in [-0.05, 0) is 17.5 Å². The van der Waals surface area contributed by atoms with Crippen LogP contribution in [-0.4, -0.2) is 13.0 Å². The Hall–Kier alpha value is -0.0700. The van der Waals surface area contributed by atoms with Crippen LogP contribution >= 0.6 is 0 Å². The Bertz CT molecular complexity index is 417. The second-order valence-corrected chi connectivity index (χ2v) is 4.41. The fraction of sp³-hybridized carbons (Fsp3) is 0.333. The van der Waals surface area contributed by atoms with Crippen LogP contribution in [0.25, 0.3) is 0 Å². The van der Waals surface area contributed by atoms with Crippen molar-refractivity contribution in [1.82, 2.24) is 0 Å². The normalized spacial score (nSPS) is 10.9. The monoisotopic (exact) mass is 237 g/mol. The Morgan fingerprint density at radius 2 is 1.80 bits per heavy atom. The van der Waals surface area contributed by atoms with Gasteiger partial charge in [-0.2, -0.15) is 0 Å². The average molecular weight is 237 g/mol. The van der Waals surface area contributed by atoms with Crippen LogP contribution < -0.4 is 34.3 Å². The summed E-state index contributed by atoms with van der Waals surface area (Å²) < 4.78 is 33.5. The Kier molecular flexibility index (Phi) is 5.84. The second-order valence-electron chi connectivity index (χ2n) is 3.30. The molecule has 6 heteroatoms. The van der Waals surface area contributed by atoms with Gasteiger partial charge in [-0.3, -0.25) is 4.72 Å². The minimum atomic E-state index is -4.43. The van der Waals surface area contributed by atoms with Crippen molar-refractivity contribution < 1.29 is 42.5 Å². The molecule has 0 aliphatic rings. The van der Waals surface area contributed by atoms with Crippen LogP contribution in [0, 0.1) is 0 Å². The van der Waals surface area contributed by atoms with E-state index in [9.17, 15) is 13.0 Å². The fourth-order valence-electron chi connectivity index (χ4n) is 1.23. The standard InChI is InChI=1S/C9H13NO3S.Na/c1-7(2)8-5-3-4-6-9(8)10-14(11,12)13;/h3-7,10H,1-2H3,(H,11,12,13);/q;+1/p-1. The number of para-hydroxylation sites is 1. The summed E-state index contributed by atoms with van der Waals surface area (Å²) in [5, 5.41) is 0. The molecule has 0 aliphatic heterocycles. The van der Waals surface area contributed by atoms with Gasteiger partial charge in [0, 0.05) is 0 Å². The van der Waals surface area contributed by atoms with E-state index in [0.717, 1.165) is 5.56 Å². The average Bonchev–Trinajstić information content (AvgIpc) is 2.01. The summed E-state index contributed by atoms with van der Waals surface area (Å²) in [5.74, 6) is 0.167. The van der Waals surface area contributed by atoms with Crippen LogP contribution in [-0.2, 0) is 10.3 Å². The van der Waals surface area contributed by atoms with Crippen LogP contribution in [0.3, 0.4) is 0 Å². The minimum absolute atomic E-state index is 0. The van der Waals surface area contributed by atoms with Crippen LogP contribution in [0.4, 0.5) is 5.69 Å². The molecule has 0 aliphatic carbocycles. The van der Waals surface area contributed by atoms with E-state index in [2.05, 4.69) is 0 Å². The topological polar surface area (TPSA) is 69.2 Å². The van der Waals surface area contributed by atoms with Crippen molar-refractivity contribution in [3.05, 3.63) is 29.8 Å². The van der Waals surface area contributed by atoms with E-state index in [0.29, 0.717) is 5.69 Å². The molecule has 0 saturated carbocycles. The van der Waals surface area contributed by atoms with Gasteiger partial charge in [0.1, 0.15) is 0 Å². The van der Waals surface area contributed by atoms with Gasteiger partial charge in [-0.25, -0.2) is 8.42 Å². The zero-order chi connectivity index (χ0) is 10.8. The van der Waals surface area contributed by atoms with Crippen molar-refractivity contribution in [1.29, 1.82) is 0 Å². The van der Waals surface area contributed by atoms with Gasteiger partial charge in [-0.1, -0.05) is 32.0 Å². The van der Waals surface area contributed by atoms with E-state index in [4.69, 9.17) is 0 Å². The molecule has 1 rings (SSSR count). The molecule has 0 saturated heterocycles. The molecule has 0 aromatic heterocycles. The van der Waals surface area contributed by atoms with E-state index >= 15 is 0 Å². The smallest absolute Gasteiger partial charge is 0.731 e. The molecule has 0 bridgehead atoms. The molecule has 0 spiro atoms. The molecule has 1 aromatic carbocycles. The van der Waals surface area contributed by atoms with Gasteiger partial charge in [0.2, 0.25) is 0 Å². The number of hydrogen-bond donors (Lipinski definition) is 1. The maximum atomic E-state index is 10.5. The Balaban J connectivity index is 0.00000196. The molecule has 1 aromatic rings. The van der Waals surface area contributed by atoms with Crippen molar-refractivity contribution in [2.75, 3.05) is 4.72 Å². The summed E-state index contributed by atoms with van der Waals surface area (Å²) in [7, 11) is -4.43. The van der Waals surface area contributed by atoms with Crippen molar-refractivity contribution in [3.63, 3.8) is 0 Å². The van der Waals surface area contributed by atoms with Crippen molar-refractivity contribution in [3.8, 4) is 0 Å². The van der Waals surface area contributed by atoms with Crippen molar-refractivity contribution >= 4 is 16.0 Å². The van der Waals surface area contributed by atoms with Crippen LogP contribution in [0.5, 0.6) is 0 Å². The first-order valence-corrected chi connectivity index (χ1v) is 5.63. The van der Waals surface area contributed by atoms with E-state index in [-0.39, 0.29) is 35.5 Å². The molecule has 0 amide bonds. The van der Waals surface area contributed by atoms with Gasteiger partial charge in [0.05, 0.1) is 5.69 Å². The summed E-state index contributed by atoms with van der Waals surface area (Å²) in [6.45, 7) is 3.86. The first-order valence-electron chi connectivity index (χ1n) is 4.22. The maximum Gasteiger partial charge on any atom is 1.00 e. The van der Waals surface area contributed by atoms with Crippen LogP contribution in [0.1, 0.15) is 25.3 Å². The predicted molar refractivity (Wildman–Crippen MR) is 53.9 cm³/mol. The van der Waals surface area contributed by atoms with E-state index in [1.165, 1.54) is 0 Å². The third-order valence-corrected chi connectivity index (χ3v) is 2.29. The quantitative estimate of drug-likeness (QED) is 0.524. The van der Waals surface area contributed by atoms with Crippen molar-refractivity contribution in [2.45, 2.75) is 19.8 Å². The zero-order valence-corrected chi connectivity index (χ0v) is 11.8. The summed E-state index contributed by atoms with van der Waals surface area (Å²) in [4.78, 5) is 0. The van der Waals surface area contributed by atoms with Gasteiger partial charge in [0.25, 0.3) is 0 Å². The number of anilines is 1. The number of nitrogens with one attached hydrogen (secondary N) is 1. The molecule has 0 unspecified atom stereocenters. The molecule has 78 valence electrons. The van der Waals surface area contributed by atoms with E-state index in [1.807, 2.05) is 18.6 Å². The van der Waals surface area contributed by atoms with Crippen LogP contribution in [0.15, 0.2) is 24.3 Å². The first kappa shape index (κ1) is 14.9. The molecule has 0 heterocycles. The molecular formula is C9H12NNaO3S. The molecule has 0 radical (unpaired) electrons. The summed E-state index contributed by atoms with van der Waals surface area (Å²) in [5.41, 5.74) is 1.17. The number of rotatable bonds is 3. The zero-order valence-electron chi connectivity index (χ0n) is 9.02. The molecule has 0 atom stereocenters. The molecule has 0 fully saturated rings. The maximum absolute atomic E-state index is 10.5.